The normalized spacial score (nSPS) is 11.5. The Bertz CT molecular complexity index is 1380. The van der Waals surface area contributed by atoms with Crippen LogP contribution in [0.4, 0.5) is 22.0 Å². The molecule has 3 aromatic rings. The molecule has 0 aliphatic heterocycles. The second-order valence-corrected chi connectivity index (χ2v) is 7.74. The lowest BCUT2D eigenvalue weighted by Gasteiger charge is -2.20. The van der Waals surface area contributed by atoms with Gasteiger partial charge in [-0.1, -0.05) is 0 Å². The summed E-state index contributed by atoms with van der Waals surface area (Å²) in [6.07, 6.45) is -4.23. The topological polar surface area (TPSA) is 81.3 Å². The molecule has 1 N–H and O–H groups in total. The molecule has 3 rings (SSSR count). The van der Waals surface area contributed by atoms with E-state index in [1.807, 2.05) is 0 Å². The van der Waals surface area contributed by atoms with Crippen LogP contribution in [-0.2, 0) is 10.9 Å². The minimum atomic E-state index is -4.78. The van der Waals surface area contributed by atoms with E-state index in [0.717, 1.165) is 19.1 Å². The molecule has 1 aromatic carbocycles. The summed E-state index contributed by atoms with van der Waals surface area (Å²) >= 11 is 0. The van der Waals surface area contributed by atoms with E-state index in [9.17, 15) is 31.5 Å². The van der Waals surface area contributed by atoms with Gasteiger partial charge in [0.05, 0.1) is 23.4 Å². The van der Waals surface area contributed by atoms with Gasteiger partial charge in [-0.15, -0.1) is 0 Å². The lowest BCUT2D eigenvalue weighted by molar-refractivity contribution is -0.138. The van der Waals surface area contributed by atoms with E-state index in [-0.39, 0.29) is 57.4 Å². The number of ether oxygens (including phenoxy) is 2. The molecule has 0 fully saturated rings. The summed E-state index contributed by atoms with van der Waals surface area (Å²) in [5.41, 5.74) is -3.01. The molecule has 0 amide bonds. The fourth-order valence-corrected chi connectivity index (χ4v) is 3.60. The predicted octanol–water partition coefficient (Wildman–Crippen LogP) is 5.94. The van der Waals surface area contributed by atoms with Crippen molar-refractivity contribution in [3.8, 4) is 22.9 Å². The van der Waals surface area contributed by atoms with Gasteiger partial charge in [0, 0.05) is 23.0 Å². The van der Waals surface area contributed by atoms with Gasteiger partial charge in [-0.25, -0.2) is 18.6 Å². The van der Waals surface area contributed by atoms with Gasteiger partial charge in [0.1, 0.15) is 11.3 Å². The van der Waals surface area contributed by atoms with Gasteiger partial charge in [0.2, 0.25) is 5.88 Å². The molecular weight excluding hydrogens is 475 g/mol. The summed E-state index contributed by atoms with van der Waals surface area (Å²) in [5, 5.41) is 0. The van der Waals surface area contributed by atoms with Crippen molar-refractivity contribution >= 4 is 5.97 Å². The molecule has 0 unspecified atom stereocenters. The van der Waals surface area contributed by atoms with Crippen LogP contribution in [0.1, 0.15) is 45.2 Å². The molecule has 2 aromatic heterocycles. The minimum Gasteiger partial charge on any atom is -0.462 e. The van der Waals surface area contributed by atoms with Crippen LogP contribution in [0.5, 0.6) is 11.6 Å². The maximum atomic E-state index is 14.1. The van der Waals surface area contributed by atoms with Crippen LogP contribution in [0, 0.1) is 39.3 Å². The van der Waals surface area contributed by atoms with Gasteiger partial charge in [-0.05, 0) is 52.3 Å². The number of aromatic amines is 1. The molecular formula is C24H21F5N2O4. The molecule has 0 radical (unpaired) electrons. The van der Waals surface area contributed by atoms with Crippen molar-refractivity contribution in [3.05, 3.63) is 73.7 Å². The molecule has 0 aliphatic rings. The molecule has 186 valence electrons. The van der Waals surface area contributed by atoms with Crippen molar-refractivity contribution in [1.82, 2.24) is 9.97 Å². The monoisotopic (exact) mass is 496 g/mol. The lowest BCUT2D eigenvalue weighted by Crippen LogP contribution is -2.23. The molecule has 0 saturated heterocycles. The number of aryl methyl sites for hydroxylation is 1. The number of hydrogen-bond donors (Lipinski definition) is 1. The Balaban J connectivity index is 2.32. The largest absolute Gasteiger partial charge is 0.462 e. The number of halogens is 5. The number of esters is 1. The first kappa shape index (κ1) is 25.9. The van der Waals surface area contributed by atoms with Crippen LogP contribution in [0.25, 0.3) is 11.3 Å². The summed E-state index contributed by atoms with van der Waals surface area (Å²) in [7, 11) is 0. The summed E-state index contributed by atoms with van der Waals surface area (Å²) in [6, 6.07) is 1.91. The summed E-state index contributed by atoms with van der Waals surface area (Å²) < 4.78 is 79.2. The number of hydrogen-bond acceptors (Lipinski definition) is 5. The van der Waals surface area contributed by atoms with E-state index >= 15 is 0 Å². The van der Waals surface area contributed by atoms with Gasteiger partial charge in [-0.3, -0.25) is 4.79 Å². The number of pyridine rings is 2. The Morgan fingerprint density at radius 1 is 1.06 bits per heavy atom. The number of rotatable bonds is 5. The number of alkyl halides is 3. The summed E-state index contributed by atoms with van der Waals surface area (Å²) in [4.78, 5) is 31.8. The molecule has 0 spiro atoms. The number of nitrogens with zero attached hydrogens (tertiary/aromatic N) is 1. The first-order chi connectivity index (χ1) is 16.3. The zero-order valence-corrected chi connectivity index (χ0v) is 19.4. The number of carbonyl (C=O) groups is 1. The average molecular weight is 496 g/mol. The van der Waals surface area contributed by atoms with Crippen LogP contribution in [0.15, 0.2) is 23.1 Å². The highest BCUT2D eigenvalue weighted by molar-refractivity contribution is 5.91. The van der Waals surface area contributed by atoms with Crippen LogP contribution < -0.4 is 10.2 Å². The van der Waals surface area contributed by atoms with E-state index in [4.69, 9.17) is 9.47 Å². The molecule has 2 heterocycles. The Morgan fingerprint density at radius 3 is 2.31 bits per heavy atom. The zero-order valence-electron chi connectivity index (χ0n) is 19.4. The smallest absolute Gasteiger partial charge is 0.418 e. The summed E-state index contributed by atoms with van der Waals surface area (Å²) in [6.45, 7) is 6.69. The van der Waals surface area contributed by atoms with Crippen molar-refractivity contribution in [2.24, 2.45) is 0 Å². The SMILES string of the molecule is CCOC(=O)c1c(C)[nH]c(-c2c(Oc3ccc(F)c(F)c3C)ncc(C(F)(F)F)c2C)c(C)c1=O. The minimum absolute atomic E-state index is 0.0146. The Kier molecular flexibility index (Phi) is 7.00. The zero-order chi connectivity index (χ0) is 26.2. The van der Waals surface area contributed by atoms with Crippen molar-refractivity contribution in [1.29, 1.82) is 0 Å². The highest BCUT2D eigenvalue weighted by atomic mass is 19.4. The third-order valence-electron chi connectivity index (χ3n) is 5.47. The number of nitrogens with one attached hydrogen (secondary N) is 1. The van der Waals surface area contributed by atoms with Gasteiger partial charge < -0.3 is 14.5 Å². The molecule has 11 heteroatoms. The molecule has 0 bridgehead atoms. The van der Waals surface area contributed by atoms with Crippen LogP contribution >= 0.6 is 0 Å². The lowest BCUT2D eigenvalue weighted by atomic mass is 9.97. The fraction of sp³-hybridized carbons (Fsp3) is 0.292. The van der Waals surface area contributed by atoms with Crippen molar-refractivity contribution in [3.63, 3.8) is 0 Å². The first-order valence-electron chi connectivity index (χ1n) is 10.4. The molecule has 0 saturated carbocycles. The van der Waals surface area contributed by atoms with Crippen LogP contribution in [0.3, 0.4) is 0 Å². The Labute approximate surface area is 196 Å². The maximum absolute atomic E-state index is 14.1. The summed E-state index contributed by atoms with van der Waals surface area (Å²) in [5.74, 6) is -3.76. The van der Waals surface area contributed by atoms with Gasteiger partial charge in [-0.2, -0.15) is 13.2 Å². The van der Waals surface area contributed by atoms with Crippen LogP contribution in [0.2, 0.25) is 0 Å². The maximum Gasteiger partial charge on any atom is 0.418 e. The van der Waals surface area contributed by atoms with E-state index < -0.39 is 34.8 Å². The van der Waals surface area contributed by atoms with E-state index in [2.05, 4.69) is 9.97 Å². The van der Waals surface area contributed by atoms with Crippen molar-refractivity contribution in [2.75, 3.05) is 6.61 Å². The average Bonchev–Trinajstić information content (AvgIpc) is 2.76. The Hall–Kier alpha value is -3.76. The van der Waals surface area contributed by atoms with Crippen molar-refractivity contribution in [2.45, 2.75) is 40.8 Å². The van der Waals surface area contributed by atoms with E-state index in [0.29, 0.717) is 6.20 Å². The van der Waals surface area contributed by atoms with Gasteiger partial charge in [0.15, 0.2) is 17.1 Å². The molecule has 6 nitrogen and oxygen atoms in total. The highest BCUT2D eigenvalue weighted by Gasteiger charge is 2.36. The molecule has 0 aliphatic carbocycles. The van der Waals surface area contributed by atoms with Gasteiger partial charge >= 0.3 is 12.1 Å². The second-order valence-electron chi connectivity index (χ2n) is 7.74. The standard InChI is InChI=1S/C24H21F5N2O4/c1-6-34-23(33)18-13(5)31-20(12(4)21(18)32)17-10(2)14(24(27,28)29)9-30-22(17)35-16-8-7-15(25)19(26)11(16)3/h7-9H,6H2,1-5H3,(H,31,32). The number of aromatic nitrogens is 2. The highest BCUT2D eigenvalue weighted by Crippen LogP contribution is 2.41. The number of H-pyrrole nitrogens is 1. The molecule has 0 atom stereocenters. The van der Waals surface area contributed by atoms with Gasteiger partial charge in [0.25, 0.3) is 0 Å². The Morgan fingerprint density at radius 2 is 1.71 bits per heavy atom. The van der Waals surface area contributed by atoms with Crippen molar-refractivity contribution < 1.29 is 36.2 Å². The fourth-order valence-electron chi connectivity index (χ4n) is 3.60. The first-order valence-corrected chi connectivity index (χ1v) is 10.4. The second kappa shape index (κ2) is 9.47. The molecule has 35 heavy (non-hydrogen) atoms. The van der Waals surface area contributed by atoms with E-state index in [1.165, 1.54) is 20.8 Å². The quantitative estimate of drug-likeness (QED) is 0.350. The third-order valence-corrected chi connectivity index (χ3v) is 5.47. The number of carbonyl (C=O) groups excluding carboxylic acids is 1. The predicted molar refractivity (Wildman–Crippen MR) is 117 cm³/mol. The number of benzene rings is 1. The van der Waals surface area contributed by atoms with E-state index in [1.54, 1.807) is 6.92 Å². The van der Waals surface area contributed by atoms with Crippen LogP contribution in [-0.4, -0.2) is 22.5 Å². The third kappa shape index (κ3) is 4.75.